The molecular formula is C14H25N3O4. The van der Waals surface area contributed by atoms with Crippen molar-refractivity contribution in [2.75, 3.05) is 20.2 Å². The van der Waals surface area contributed by atoms with E-state index in [1.54, 1.807) is 6.92 Å². The molecule has 0 aliphatic rings. The lowest BCUT2D eigenvalue weighted by Gasteiger charge is -2.27. The van der Waals surface area contributed by atoms with E-state index in [4.69, 9.17) is 10.1 Å². The quantitative estimate of drug-likeness (QED) is 0.435. The summed E-state index contributed by atoms with van der Waals surface area (Å²) >= 11 is 0. The highest BCUT2D eigenvalue weighted by Gasteiger charge is 2.27. The van der Waals surface area contributed by atoms with Gasteiger partial charge in [0, 0.05) is 19.9 Å². The minimum atomic E-state index is -0.504. The van der Waals surface area contributed by atoms with Gasteiger partial charge in [-0.05, 0) is 19.8 Å². The Morgan fingerprint density at radius 2 is 1.48 bits per heavy atom. The fourth-order valence-corrected chi connectivity index (χ4v) is 1.67. The number of likely N-dealkylation sites (N-methyl/N-ethyl adjacent to an activating group) is 1. The van der Waals surface area contributed by atoms with Crippen LogP contribution in [0, 0.1) is 5.41 Å². The van der Waals surface area contributed by atoms with Gasteiger partial charge < -0.3 is 9.64 Å². The zero-order valence-electron chi connectivity index (χ0n) is 13.3. The number of nitrogens with zero attached hydrogens (tertiary/aromatic N) is 2. The standard InChI is InChI=1S/C14H25N3O4/c1-5-8-11(18)17(12(19)9-6-2)14(15)16(4)10-13(20)21-7-3/h15H,5-10H2,1-4H3. The van der Waals surface area contributed by atoms with Gasteiger partial charge in [-0.3, -0.25) is 19.8 Å². The van der Waals surface area contributed by atoms with Crippen molar-refractivity contribution in [3.8, 4) is 0 Å². The fraction of sp³-hybridized carbons (Fsp3) is 0.714. The molecule has 0 aliphatic heterocycles. The van der Waals surface area contributed by atoms with Crippen molar-refractivity contribution in [2.24, 2.45) is 0 Å². The molecule has 0 radical (unpaired) electrons. The van der Waals surface area contributed by atoms with Crippen molar-refractivity contribution in [1.82, 2.24) is 9.80 Å². The zero-order valence-corrected chi connectivity index (χ0v) is 13.3. The molecule has 0 heterocycles. The molecule has 0 aliphatic carbocycles. The van der Waals surface area contributed by atoms with Gasteiger partial charge in [-0.2, -0.15) is 0 Å². The highest BCUT2D eigenvalue weighted by molar-refractivity contribution is 6.11. The summed E-state index contributed by atoms with van der Waals surface area (Å²) in [7, 11) is 1.48. The van der Waals surface area contributed by atoms with E-state index < -0.39 is 17.8 Å². The summed E-state index contributed by atoms with van der Waals surface area (Å²) in [5.41, 5.74) is 0. The van der Waals surface area contributed by atoms with Crippen LogP contribution in [0.5, 0.6) is 0 Å². The van der Waals surface area contributed by atoms with E-state index in [-0.39, 0.29) is 32.0 Å². The van der Waals surface area contributed by atoms with Gasteiger partial charge in [-0.25, -0.2) is 4.90 Å². The van der Waals surface area contributed by atoms with Crippen LogP contribution in [0.4, 0.5) is 0 Å². The van der Waals surface area contributed by atoms with Gasteiger partial charge in [0.05, 0.1) is 6.61 Å². The first-order chi connectivity index (χ1) is 9.88. The van der Waals surface area contributed by atoms with Crippen LogP contribution in [-0.4, -0.2) is 53.7 Å². The molecule has 2 amide bonds. The molecule has 0 bridgehead atoms. The van der Waals surface area contributed by atoms with E-state index in [0.717, 1.165) is 4.90 Å². The van der Waals surface area contributed by atoms with E-state index in [0.29, 0.717) is 12.8 Å². The van der Waals surface area contributed by atoms with Gasteiger partial charge in [0.25, 0.3) is 0 Å². The Balaban J connectivity index is 4.96. The van der Waals surface area contributed by atoms with Crippen LogP contribution in [-0.2, 0) is 19.1 Å². The van der Waals surface area contributed by atoms with Crippen LogP contribution < -0.4 is 0 Å². The normalized spacial score (nSPS) is 9.90. The minimum absolute atomic E-state index is 0.179. The molecule has 7 heteroatoms. The van der Waals surface area contributed by atoms with Crippen molar-refractivity contribution in [1.29, 1.82) is 5.41 Å². The molecule has 0 unspecified atom stereocenters. The largest absolute Gasteiger partial charge is 0.465 e. The van der Waals surface area contributed by atoms with Crippen molar-refractivity contribution in [2.45, 2.75) is 46.5 Å². The number of carbonyl (C=O) groups is 3. The molecule has 0 saturated heterocycles. The van der Waals surface area contributed by atoms with Gasteiger partial charge in [0.2, 0.25) is 17.8 Å². The SMILES string of the molecule is CCCC(=O)N(C(=N)N(C)CC(=O)OCC)C(=O)CCC. The summed E-state index contributed by atoms with van der Waals surface area (Å²) in [4.78, 5) is 37.6. The third-order valence-corrected chi connectivity index (χ3v) is 2.67. The molecule has 7 nitrogen and oxygen atoms in total. The van der Waals surface area contributed by atoms with Crippen LogP contribution in [0.15, 0.2) is 0 Å². The Morgan fingerprint density at radius 1 is 1.00 bits per heavy atom. The first-order valence-corrected chi connectivity index (χ1v) is 7.20. The van der Waals surface area contributed by atoms with Gasteiger partial charge in [0.1, 0.15) is 6.54 Å². The van der Waals surface area contributed by atoms with Gasteiger partial charge >= 0.3 is 5.97 Å². The third kappa shape index (κ3) is 6.37. The van der Waals surface area contributed by atoms with E-state index >= 15 is 0 Å². The highest BCUT2D eigenvalue weighted by atomic mass is 16.5. The van der Waals surface area contributed by atoms with Crippen LogP contribution >= 0.6 is 0 Å². The third-order valence-electron chi connectivity index (χ3n) is 2.67. The maximum absolute atomic E-state index is 12.0. The molecule has 1 N–H and O–H groups in total. The Morgan fingerprint density at radius 3 is 1.86 bits per heavy atom. The van der Waals surface area contributed by atoms with E-state index in [1.165, 1.54) is 11.9 Å². The summed E-state index contributed by atoms with van der Waals surface area (Å²) in [5.74, 6) is -1.64. The second kappa shape index (κ2) is 9.90. The number of hydrogen-bond acceptors (Lipinski definition) is 5. The topological polar surface area (TPSA) is 90.8 Å². The molecule has 0 saturated carbocycles. The van der Waals surface area contributed by atoms with Gasteiger partial charge in [0.15, 0.2) is 0 Å². The molecule has 0 spiro atoms. The Bertz CT molecular complexity index is 378. The maximum atomic E-state index is 12.0. The van der Waals surface area contributed by atoms with Crippen molar-refractivity contribution >= 4 is 23.7 Å². The number of hydrogen-bond donors (Lipinski definition) is 1. The molecular weight excluding hydrogens is 274 g/mol. The minimum Gasteiger partial charge on any atom is -0.465 e. The second-order valence-electron chi connectivity index (χ2n) is 4.61. The average molecular weight is 299 g/mol. The predicted octanol–water partition coefficient (Wildman–Crippen LogP) is 1.37. The lowest BCUT2D eigenvalue weighted by atomic mass is 10.2. The molecule has 0 fully saturated rings. The highest BCUT2D eigenvalue weighted by Crippen LogP contribution is 2.06. The molecule has 0 aromatic rings. The van der Waals surface area contributed by atoms with Crippen LogP contribution in [0.25, 0.3) is 0 Å². The van der Waals surface area contributed by atoms with Crippen LogP contribution in [0.2, 0.25) is 0 Å². The molecule has 0 rings (SSSR count). The summed E-state index contributed by atoms with van der Waals surface area (Å²) in [6.07, 6.45) is 1.55. The van der Waals surface area contributed by atoms with Gasteiger partial charge in [-0.1, -0.05) is 13.8 Å². The smallest absolute Gasteiger partial charge is 0.325 e. The number of amides is 2. The number of nitrogens with one attached hydrogen (secondary N) is 1. The number of guanidine groups is 1. The summed E-state index contributed by atoms with van der Waals surface area (Å²) in [6.45, 7) is 5.40. The number of imide groups is 1. The fourth-order valence-electron chi connectivity index (χ4n) is 1.67. The monoisotopic (exact) mass is 299 g/mol. The van der Waals surface area contributed by atoms with Crippen LogP contribution in [0.1, 0.15) is 46.5 Å². The zero-order chi connectivity index (χ0) is 16.4. The van der Waals surface area contributed by atoms with Gasteiger partial charge in [-0.15, -0.1) is 0 Å². The molecule has 0 aromatic carbocycles. The number of ether oxygens (including phenoxy) is 1. The number of rotatable bonds is 7. The van der Waals surface area contributed by atoms with Crippen molar-refractivity contribution in [3.63, 3.8) is 0 Å². The van der Waals surface area contributed by atoms with Crippen molar-refractivity contribution in [3.05, 3.63) is 0 Å². The second-order valence-corrected chi connectivity index (χ2v) is 4.61. The molecule has 21 heavy (non-hydrogen) atoms. The first kappa shape index (κ1) is 19.1. The molecule has 120 valence electrons. The Labute approximate surface area is 125 Å². The summed E-state index contributed by atoms with van der Waals surface area (Å²) < 4.78 is 4.79. The number of carbonyl (C=O) groups excluding carboxylic acids is 3. The predicted molar refractivity (Wildman–Crippen MR) is 78.7 cm³/mol. The van der Waals surface area contributed by atoms with Crippen molar-refractivity contribution < 1.29 is 19.1 Å². The van der Waals surface area contributed by atoms with E-state index in [2.05, 4.69) is 0 Å². The lowest BCUT2D eigenvalue weighted by Crippen LogP contribution is -2.49. The average Bonchev–Trinajstić information content (AvgIpc) is 2.39. The van der Waals surface area contributed by atoms with E-state index in [9.17, 15) is 14.4 Å². The molecule has 0 atom stereocenters. The maximum Gasteiger partial charge on any atom is 0.325 e. The number of esters is 1. The Hall–Kier alpha value is -1.92. The summed E-state index contributed by atoms with van der Waals surface area (Å²) in [6, 6.07) is 0. The molecule has 0 aromatic heterocycles. The van der Waals surface area contributed by atoms with Crippen LogP contribution in [0.3, 0.4) is 0 Å². The Kier molecular flexibility index (Phi) is 9.00. The first-order valence-electron chi connectivity index (χ1n) is 7.20. The summed E-state index contributed by atoms with van der Waals surface area (Å²) in [5, 5.41) is 8.00. The van der Waals surface area contributed by atoms with E-state index in [1.807, 2.05) is 13.8 Å². The lowest BCUT2D eigenvalue weighted by molar-refractivity contribution is -0.145.